The van der Waals surface area contributed by atoms with Gasteiger partial charge in [0.25, 0.3) is 0 Å². The van der Waals surface area contributed by atoms with Gasteiger partial charge in [0.05, 0.1) is 0 Å². The van der Waals surface area contributed by atoms with Crippen LogP contribution in [-0.2, 0) is 4.79 Å². The molecule has 3 heterocycles. The first-order chi connectivity index (χ1) is 11.1. The first-order valence-electron chi connectivity index (χ1n) is 8.74. The molecular formula is C17H28N4OS. The van der Waals surface area contributed by atoms with Gasteiger partial charge in [0.15, 0.2) is 0 Å². The molecule has 0 spiro atoms. The molecule has 0 bridgehead atoms. The van der Waals surface area contributed by atoms with E-state index in [9.17, 15) is 4.79 Å². The summed E-state index contributed by atoms with van der Waals surface area (Å²) >= 11 is 2.08. The van der Waals surface area contributed by atoms with Gasteiger partial charge in [0.2, 0.25) is 5.91 Å². The zero-order chi connectivity index (χ0) is 16.2. The SMILES string of the molecule is Cc1nccn1[C@H](C)CC(=O)N1CCN(C2CCSCC2)CC1. The molecule has 0 radical (unpaired) electrons. The highest BCUT2D eigenvalue weighted by Crippen LogP contribution is 2.23. The van der Waals surface area contributed by atoms with Crippen molar-refractivity contribution in [2.75, 3.05) is 37.7 Å². The van der Waals surface area contributed by atoms with Crippen molar-refractivity contribution >= 4 is 17.7 Å². The summed E-state index contributed by atoms with van der Waals surface area (Å²) in [5, 5.41) is 0. The molecule has 1 amide bonds. The fourth-order valence-electron chi connectivity index (χ4n) is 3.72. The average molecular weight is 337 g/mol. The van der Waals surface area contributed by atoms with Gasteiger partial charge in [0.1, 0.15) is 5.82 Å². The summed E-state index contributed by atoms with van der Waals surface area (Å²) in [4.78, 5) is 21.5. The fraction of sp³-hybridized carbons (Fsp3) is 0.765. The number of amides is 1. The first kappa shape index (κ1) is 16.8. The molecule has 0 saturated carbocycles. The van der Waals surface area contributed by atoms with E-state index in [0.29, 0.717) is 6.42 Å². The predicted molar refractivity (Wildman–Crippen MR) is 94.8 cm³/mol. The van der Waals surface area contributed by atoms with E-state index in [1.54, 1.807) is 6.20 Å². The van der Waals surface area contributed by atoms with Crippen LogP contribution in [0.25, 0.3) is 0 Å². The molecule has 0 aromatic carbocycles. The molecular weight excluding hydrogens is 308 g/mol. The maximum atomic E-state index is 12.6. The monoisotopic (exact) mass is 336 g/mol. The summed E-state index contributed by atoms with van der Waals surface area (Å²) < 4.78 is 2.09. The lowest BCUT2D eigenvalue weighted by Gasteiger charge is -2.40. The second-order valence-electron chi connectivity index (χ2n) is 6.70. The van der Waals surface area contributed by atoms with Gasteiger partial charge in [-0.25, -0.2) is 4.98 Å². The highest BCUT2D eigenvalue weighted by Gasteiger charge is 2.27. The lowest BCUT2D eigenvalue weighted by molar-refractivity contribution is -0.134. The third-order valence-corrected chi connectivity index (χ3v) is 6.23. The normalized spacial score (nSPS) is 22.3. The van der Waals surface area contributed by atoms with E-state index in [2.05, 4.69) is 38.0 Å². The number of rotatable bonds is 4. The number of hydrogen-bond donors (Lipinski definition) is 0. The second kappa shape index (κ2) is 7.71. The molecule has 2 saturated heterocycles. The number of nitrogens with zero attached hydrogens (tertiary/aromatic N) is 4. The van der Waals surface area contributed by atoms with Gasteiger partial charge in [0, 0.05) is 57.1 Å². The molecule has 3 rings (SSSR count). The second-order valence-corrected chi connectivity index (χ2v) is 7.92. The van der Waals surface area contributed by atoms with Crippen LogP contribution < -0.4 is 0 Å². The summed E-state index contributed by atoms with van der Waals surface area (Å²) in [7, 11) is 0. The standard InChI is InChI=1S/C17H28N4OS/c1-14(21-6-5-18-15(21)2)13-17(22)20-9-7-19(8-10-20)16-3-11-23-12-4-16/h5-6,14,16H,3-4,7-13H2,1-2H3/t14-/m1/s1. The van der Waals surface area contributed by atoms with Crippen LogP contribution in [0.5, 0.6) is 0 Å². The van der Waals surface area contributed by atoms with Crippen LogP contribution in [0, 0.1) is 6.92 Å². The molecule has 2 aliphatic rings. The Kier molecular flexibility index (Phi) is 5.64. The number of aryl methyl sites for hydroxylation is 1. The Morgan fingerprint density at radius 3 is 2.61 bits per heavy atom. The Hall–Kier alpha value is -1.01. The molecule has 1 atom stereocenters. The number of carbonyl (C=O) groups is 1. The third-order valence-electron chi connectivity index (χ3n) is 5.18. The van der Waals surface area contributed by atoms with Crippen LogP contribution in [0.3, 0.4) is 0 Å². The van der Waals surface area contributed by atoms with E-state index in [1.807, 2.05) is 13.1 Å². The predicted octanol–water partition coefficient (Wildman–Crippen LogP) is 2.18. The Balaban J connectivity index is 1.47. The molecule has 0 unspecified atom stereocenters. The molecule has 6 heteroatoms. The van der Waals surface area contributed by atoms with Gasteiger partial charge in [-0.05, 0) is 38.2 Å². The lowest BCUT2D eigenvalue weighted by Crippen LogP contribution is -2.52. The van der Waals surface area contributed by atoms with Crippen molar-refractivity contribution in [3.8, 4) is 0 Å². The molecule has 0 N–H and O–H groups in total. The quantitative estimate of drug-likeness (QED) is 0.845. The van der Waals surface area contributed by atoms with E-state index in [0.717, 1.165) is 38.0 Å². The third kappa shape index (κ3) is 4.10. The minimum atomic E-state index is 0.179. The molecule has 0 aliphatic carbocycles. The van der Waals surface area contributed by atoms with E-state index < -0.39 is 0 Å². The Morgan fingerprint density at radius 1 is 1.30 bits per heavy atom. The molecule has 5 nitrogen and oxygen atoms in total. The van der Waals surface area contributed by atoms with Crippen molar-refractivity contribution < 1.29 is 4.79 Å². The van der Waals surface area contributed by atoms with E-state index in [1.165, 1.54) is 24.3 Å². The Morgan fingerprint density at radius 2 is 2.00 bits per heavy atom. The maximum absolute atomic E-state index is 12.6. The molecule has 128 valence electrons. The number of aromatic nitrogens is 2. The number of imidazole rings is 1. The Bertz CT molecular complexity index is 518. The molecule has 1 aromatic heterocycles. The summed E-state index contributed by atoms with van der Waals surface area (Å²) in [6.45, 7) is 7.94. The van der Waals surface area contributed by atoms with Crippen molar-refractivity contribution in [3.63, 3.8) is 0 Å². The largest absolute Gasteiger partial charge is 0.340 e. The molecule has 23 heavy (non-hydrogen) atoms. The number of piperazine rings is 1. The smallest absolute Gasteiger partial charge is 0.224 e. The molecule has 2 aliphatic heterocycles. The van der Waals surface area contributed by atoms with Gasteiger partial charge in [-0.15, -0.1) is 0 Å². The summed E-state index contributed by atoms with van der Waals surface area (Å²) in [5.74, 6) is 3.85. The van der Waals surface area contributed by atoms with Crippen molar-refractivity contribution in [2.45, 2.75) is 45.2 Å². The summed E-state index contributed by atoms with van der Waals surface area (Å²) in [5.41, 5.74) is 0. The van der Waals surface area contributed by atoms with Crippen molar-refractivity contribution in [2.24, 2.45) is 0 Å². The van der Waals surface area contributed by atoms with Gasteiger partial charge in [-0.1, -0.05) is 0 Å². The van der Waals surface area contributed by atoms with Crippen LogP contribution in [0.2, 0.25) is 0 Å². The minimum Gasteiger partial charge on any atom is -0.340 e. The van der Waals surface area contributed by atoms with E-state index in [-0.39, 0.29) is 11.9 Å². The Labute approximate surface area is 143 Å². The van der Waals surface area contributed by atoms with Gasteiger partial charge in [-0.2, -0.15) is 11.8 Å². The van der Waals surface area contributed by atoms with E-state index >= 15 is 0 Å². The zero-order valence-corrected chi connectivity index (χ0v) is 15.1. The number of hydrogen-bond acceptors (Lipinski definition) is 4. The topological polar surface area (TPSA) is 41.4 Å². The zero-order valence-electron chi connectivity index (χ0n) is 14.3. The van der Waals surface area contributed by atoms with Crippen molar-refractivity contribution in [1.82, 2.24) is 19.4 Å². The first-order valence-corrected chi connectivity index (χ1v) is 9.89. The number of thioether (sulfide) groups is 1. The van der Waals surface area contributed by atoms with Gasteiger partial charge < -0.3 is 9.47 Å². The van der Waals surface area contributed by atoms with Gasteiger partial charge in [-0.3, -0.25) is 9.69 Å². The van der Waals surface area contributed by atoms with Crippen molar-refractivity contribution in [1.29, 1.82) is 0 Å². The van der Waals surface area contributed by atoms with Crippen LogP contribution in [-0.4, -0.2) is 69.0 Å². The van der Waals surface area contributed by atoms with E-state index in [4.69, 9.17) is 0 Å². The van der Waals surface area contributed by atoms with Gasteiger partial charge >= 0.3 is 0 Å². The van der Waals surface area contributed by atoms with Crippen LogP contribution >= 0.6 is 11.8 Å². The van der Waals surface area contributed by atoms with Crippen LogP contribution in [0.4, 0.5) is 0 Å². The maximum Gasteiger partial charge on any atom is 0.224 e. The highest BCUT2D eigenvalue weighted by molar-refractivity contribution is 7.99. The van der Waals surface area contributed by atoms with Crippen LogP contribution in [0.1, 0.15) is 38.1 Å². The number of carbonyl (C=O) groups excluding carboxylic acids is 1. The summed E-state index contributed by atoms with van der Waals surface area (Å²) in [6.07, 6.45) is 6.96. The average Bonchev–Trinajstić information content (AvgIpc) is 3.02. The minimum absolute atomic E-state index is 0.179. The highest BCUT2D eigenvalue weighted by atomic mass is 32.2. The fourth-order valence-corrected chi connectivity index (χ4v) is 4.80. The van der Waals surface area contributed by atoms with Crippen LogP contribution in [0.15, 0.2) is 12.4 Å². The van der Waals surface area contributed by atoms with Crippen molar-refractivity contribution in [3.05, 3.63) is 18.2 Å². The molecule has 1 aromatic rings. The lowest BCUT2D eigenvalue weighted by atomic mass is 10.1. The summed E-state index contributed by atoms with van der Waals surface area (Å²) in [6, 6.07) is 0.930. The molecule has 2 fully saturated rings.